The summed E-state index contributed by atoms with van der Waals surface area (Å²) in [5.74, 6) is 1.10. The molecule has 0 aliphatic carbocycles. The van der Waals surface area contributed by atoms with Crippen molar-refractivity contribution in [2.45, 2.75) is 13.8 Å². The van der Waals surface area contributed by atoms with Crippen molar-refractivity contribution in [1.29, 1.82) is 0 Å². The van der Waals surface area contributed by atoms with E-state index in [0.29, 0.717) is 11.7 Å². The minimum absolute atomic E-state index is 0.473. The zero-order chi connectivity index (χ0) is 9.42. The zero-order valence-corrected chi connectivity index (χ0v) is 7.77. The van der Waals surface area contributed by atoms with Crippen LogP contribution in [0.1, 0.15) is 11.5 Å². The maximum absolute atomic E-state index is 4.98. The van der Waals surface area contributed by atoms with Crippen molar-refractivity contribution in [1.82, 2.24) is 19.9 Å². The van der Waals surface area contributed by atoms with Gasteiger partial charge in [0.25, 0.3) is 5.89 Å². The van der Waals surface area contributed by atoms with Crippen LogP contribution in [0.2, 0.25) is 0 Å². The summed E-state index contributed by atoms with van der Waals surface area (Å²) in [6, 6.07) is 1.91. The second kappa shape index (κ2) is 2.69. The van der Waals surface area contributed by atoms with Crippen LogP contribution in [-0.2, 0) is 7.05 Å². The highest BCUT2D eigenvalue weighted by atomic mass is 16.5. The zero-order valence-electron chi connectivity index (χ0n) is 7.77. The van der Waals surface area contributed by atoms with Crippen LogP contribution in [0.3, 0.4) is 0 Å². The van der Waals surface area contributed by atoms with E-state index in [1.165, 1.54) is 0 Å². The molecule has 2 rings (SSSR count). The number of hydrogen-bond acceptors (Lipinski definition) is 4. The van der Waals surface area contributed by atoms with E-state index in [9.17, 15) is 0 Å². The summed E-state index contributed by atoms with van der Waals surface area (Å²) in [6.07, 6.45) is 0. The van der Waals surface area contributed by atoms with Crippen LogP contribution in [0, 0.1) is 13.8 Å². The average molecular weight is 178 g/mol. The van der Waals surface area contributed by atoms with Crippen LogP contribution in [0.5, 0.6) is 0 Å². The predicted molar refractivity (Wildman–Crippen MR) is 46.0 cm³/mol. The van der Waals surface area contributed by atoms with Gasteiger partial charge >= 0.3 is 0 Å². The van der Waals surface area contributed by atoms with Gasteiger partial charge in [-0.1, -0.05) is 5.16 Å². The summed E-state index contributed by atoms with van der Waals surface area (Å²) >= 11 is 0. The van der Waals surface area contributed by atoms with Crippen molar-refractivity contribution in [3.63, 3.8) is 0 Å². The fourth-order valence-corrected chi connectivity index (χ4v) is 1.07. The Kier molecular flexibility index (Phi) is 1.65. The first-order valence-corrected chi connectivity index (χ1v) is 3.98. The summed E-state index contributed by atoms with van der Waals surface area (Å²) < 4.78 is 6.75. The van der Waals surface area contributed by atoms with Crippen molar-refractivity contribution in [3.8, 4) is 11.6 Å². The third-order valence-corrected chi connectivity index (χ3v) is 1.86. The fourth-order valence-electron chi connectivity index (χ4n) is 1.07. The maximum atomic E-state index is 4.98. The highest BCUT2D eigenvalue weighted by Crippen LogP contribution is 2.15. The molecule has 5 heteroatoms. The van der Waals surface area contributed by atoms with Gasteiger partial charge in [-0.05, 0) is 19.9 Å². The number of rotatable bonds is 1. The molecule has 0 aliphatic rings. The maximum Gasteiger partial charge on any atom is 0.278 e. The third kappa shape index (κ3) is 1.32. The van der Waals surface area contributed by atoms with Crippen LogP contribution in [-0.4, -0.2) is 19.9 Å². The Balaban J connectivity index is 2.46. The molecule has 2 aromatic heterocycles. The lowest BCUT2D eigenvalue weighted by Crippen LogP contribution is -1.92. The lowest BCUT2D eigenvalue weighted by molar-refractivity contribution is 0.424. The predicted octanol–water partition coefficient (Wildman–Crippen LogP) is 1.09. The lowest BCUT2D eigenvalue weighted by atomic mass is 10.4. The molecule has 2 heterocycles. The van der Waals surface area contributed by atoms with E-state index in [2.05, 4.69) is 15.2 Å². The van der Waals surface area contributed by atoms with Gasteiger partial charge in [-0.15, -0.1) is 0 Å². The van der Waals surface area contributed by atoms with Gasteiger partial charge in [0.1, 0.15) is 0 Å². The molecule has 5 nitrogen and oxygen atoms in total. The van der Waals surface area contributed by atoms with Gasteiger partial charge in [0.05, 0.1) is 0 Å². The summed E-state index contributed by atoms with van der Waals surface area (Å²) in [5, 5.41) is 7.91. The number of aromatic nitrogens is 4. The van der Waals surface area contributed by atoms with Gasteiger partial charge in [0.15, 0.2) is 11.5 Å². The minimum atomic E-state index is 0.473. The van der Waals surface area contributed by atoms with Gasteiger partial charge < -0.3 is 4.52 Å². The first-order chi connectivity index (χ1) is 6.16. The molecule has 13 heavy (non-hydrogen) atoms. The van der Waals surface area contributed by atoms with Crippen LogP contribution in [0.25, 0.3) is 11.6 Å². The van der Waals surface area contributed by atoms with Gasteiger partial charge in [-0.2, -0.15) is 10.1 Å². The topological polar surface area (TPSA) is 56.7 Å². The molecular weight excluding hydrogens is 168 g/mol. The van der Waals surface area contributed by atoms with Crippen molar-refractivity contribution in [2.75, 3.05) is 0 Å². The molecule has 0 aromatic carbocycles. The lowest BCUT2D eigenvalue weighted by Gasteiger charge is -1.88. The Morgan fingerprint density at radius 3 is 2.62 bits per heavy atom. The SMILES string of the molecule is Cc1noc(-c2cc(C)n(C)n2)n1. The molecule has 68 valence electrons. The summed E-state index contributed by atoms with van der Waals surface area (Å²) in [6.45, 7) is 3.75. The van der Waals surface area contributed by atoms with Crippen LogP contribution >= 0.6 is 0 Å². The van der Waals surface area contributed by atoms with E-state index in [4.69, 9.17) is 4.52 Å². The Morgan fingerprint density at radius 2 is 2.15 bits per heavy atom. The van der Waals surface area contributed by atoms with Crippen molar-refractivity contribution >= 4 is 0 Å². The normalized spacial score (nSPS) is 10.7. The summed E-state index contributed by atoms with van der Waals surface area (Å²) in [4.78, 5) is 4.08. The molecule has 0 atom stereocenters. The minimum Gasteiger partial charge on any atom is -0.332 e. The van der Waals surface area contributed by atoms with E-state index in [1.54, 1.807) is 11.6 Å². The van der Waals surface area contributed by atoms with Crippen LogP contribution in [0.4, 0.5) is 0 Å². The molecule has 0 amide bonds. The highest BCUT2D eigenvalue weighted by Gasteiger charge is 2.10. The fraction of sp³-hybridized carbons (Fsp3) is 0.375. The number of aryl methyl sites for hydroxylation is 3. The van der Waals surface area contributed by atoms with E-state index < -0.39 is 0 Å². The molecule has 0 unspecified atom stereocenters. The van der Waals surface area contributed by atoms with Gasteiger partial charge in [-0.3, -0.25) is 4.68 Å². The van der Waals surface area contributed by atoms with Crippen LogP contribution in [0.15, 0.2) is 10.6 Å². The summed E-state index contributed by atoms with van der Waals surface area (Å²) in [7, 11) is 1.88. The van der Waals surface area contributed by atoms with E-state index in [-0.39, 0.29) is 0 Å². The molecular formula is C8H10N4O. The summed E-state index contributed by atoms with van der Waals surface area (Å²) in [5.41, 5.74) is 1.78. The van der Waals surface area contributed by atoms with Crippen molar-refractivity contribution in [3.05, 3.63) is 17.6 Å². The highest BCUT2D eigenvalue weighted by molar-refractivity contribution is 5.46. The quantitative estimate of drug-likeness (QED) is 0.655. The second-order valence-corrected chi connectivity index (χ2v) is 2.94. The number of hydrogen-bond donors (Lipinski definition) is 0. The van der Waals surface area contributed by atoms with Crippen molar-refractivity contribution in [2.24, 2.45) is 7.05 Å². The first-order valence-electron chi connectivity index (χ1n) is 3.98. The smallest absolute Gasteiger partial charge is 0.278 e. The molecule has 0 bridgehead atoms. The Labute approximate surface area is 75.4 Å². The molecule has 0 saturated heterocycles. The average Bonchev–Trinajstić information content (AvgIpc) is 2.61. The largest absolute Gasteiger partial charge is 0.332 e. The molecule has 0 fully saturated rings. The second-order valence-electron chi connectivity index (χ2n) is 2.94. The van der Waals surface area contributed by atoms with E-state index in [1.807, 2.05) is 20.0 Å². The van der Waals surface area contributed by atoms with Gasteiger partial charge in [0, 0.05) is 12.7 Å². The molecule has 0 spiro atoms. The standard InChI is InChI=1S/C8H10N4O/c1-5-4-7(10-12(5)3)8-9-6(2)11-13-8/h4H,1-3H3. The van der Waals surface area contributed by atoms with Gasteiger partial charge in [-0.25, -0.2) is 0 Å². The van der Waals surface area contributed by atoms with Gasteiger partial charge in [0.2, 0.25) is 0 Å². The van der Waals surface area contributed by atoms with Crippen LogP contribution < -0.4 is 0 Å². The van der Waals surface area contributed by atoms with Crippen molar-refractivity contribution < 1.29 is 4.52 Å². The van der Waals surface area contributed by atoms with E-state index in [0.717, 1.165) is 11.4 Å². The number of nitrogens with zero attached hydrogens (tertiary/aromatic N) is 4. The Hall–Kier alpha value is -1.65. The molecule has 0 aliphatic heterocycles. The molecule has 0 radical (unpaired) electrons. The first kappa shape index (κ1) is 7.97. The molecule has 2 aromatic rings. The monoisotopic (exact) mass is 178 g/mol. The Morgan fingerprint density at radius 1 is 1.38 bits per heavy atom. The Bertz CT molecular complexity index is 410. The van der Waals surface area contributed by atoms with E-state index >= 15 is 0 Å². The molecule has 0 N–H and O–H groups in total. The third-order valence-electron chi connectivity index (χ3n) is 1.86. The molecule has 0 saturated carbocycles.